The predicted molar refractivity (Wildman–Crippen MR) is 101 cm³/mol. The standard InChI is InChI=1S/C21H24ClFN2/c1-14-13-25(10-9-24(14)2)21-12-19(15-3-6-17(23)7-4-15)18-8-5-16(22)11-20(18)21/h3-8,11,14,19,21H,9-10,12-13H2,1-2H3/t14?,19-,21+/m0/s1. The lowest BCUT2D eigenvalue weighted by atomic mass is 9.93. The van der Waals surface area contributed by atoms with E-state index in [1.165, 1.54) is 16.7 Å². The largest absolute Gasteiger partial charge is 0.301 e. The molecule has 25 heavy (non-hydrogen) atoms. The fraction of sp³-hybridized carbons (Fsp3) is 0.429. The number of benzene rings is 2. The van der Waals surface area contributed by atoms with Crippen LogP contribution in [0.25, 0.3) is 0 Å². The molecule has 1 aliphatic carbocycles. The summed E-state index contributed by atoms with van der Waals surface area (Å²) < 4.78 is 13.3. The molecule has 0 N–H and O–H groups in total. The Kier molecular flexibility index (Phi) is 4.57. The molecular formula is C21H24ClFN2. The number of hydrogen-bond acceptors (Lipinski definition) is 2. The van der Waals surface area contributed by atoms with Gasteiger partial charge in [0, 0.05) is 42.7 Å². The Hall–Kier alpha value is -1.42. The molecule has 3 atom stereocenters. The van der Waals surface area contributed by atoms with E-state index in [1.54, 1.807) is 12.1 Å². The first-order valence-electron chi connectivity index (χ1n) is 9.02. The molecule has 2 aliphatic rings. The second-order valence-corrected chi connectivity index (χ2v) is 7.89. The minimum absolute atomic E-state index is 0.178. The van der Waals surface area contributed by atoms with E-state index in [-0.39, 0.29) is 5.82 Å². The van der Waals surface area contributed by atoms with Crippen LogP contribution in [0.2, 0.25) is 5.02 Å². The van der Waals surface area contributed by atoms with Crippen molar-refractivity contribution in [1.29, 1.82) is 0 Å². The van der Waals surface area contributed by atoms with E-state index in [4.69, 9.17) is 11.6 Å². The third-order valence-electron chi connectivity index (χ3n) is 5.95. The van der Waals surface area contributed by atoms with Crippen LogP contribution in [-0.2, 0) is 0 Å². The molecule has 1 unspecified atom stereocenters. The van der Waals surface area contributed by atoms with Crippen LogP contribution < -0.4 is 0 Å². The maximum Gasteiger partial charge on any atom is 0.123 e. The lowest BCUT2D eigenvalue weighted by Crippen LogP contribution is -2.50. The van der Waals surface area contributed by atoms with Crippen LogP contribution >= 0.6 is 11.6 Å². The molecule has 2 aromatic rings. The Morgan fingerprint density at radius 2 is 1.80 bits per heavy atom. The Morgan fingerprint density at radius 3 is 2.52 bits per heavy atom. The van der Waals surface area contributed by atoms with Crippen molar-refractivity contribution in [2.24, 2.45) is 0 Å². The molecule has 4 rings (SSSR count). The zero-order valence-electron chi connectivity index (χ0n) is 14.8. The second-order valence-electron chi connectivity index (χ2n) is 7.45. The lowest BCUT2D eigenvalue weighted by molar-refractivity contribution is 0.0709. The highest BCUT2D eigenvalue weighted by Gasteiger charge is 2.37. The predicted octanol–water partition coefficient (Wildman–Crippen LogP) is 4.69. The van der Waals surface area contributed by atoms with Crippen molar-refractivity contribution in [3.63, 3.8) is 0 Å². The van der Waals surface area contributed by atoms with Gasteiger partial charge in [-0.15, -0.1) is 0 Å². The smallest absolute Gasteiger partial charge is 0.123 e. The second kappa shape index (κ2) is 6.71. The number of likely N-dealkylation sites (N-methyl/N-ethyl adjacent to an activating group) is 1. The number of halogens is 2. The van der Waals surface area contributed by atoms with E-state index < -0.39 is 0 Å². The van der Waals surface area contributed by atoms with Gasteiger partial charge in [-0.25, -0.2) is 4.39 Å². The average Bonchev–Trinajstić information content (AvgIpc) is 2.97. The summed E-state index contributed by atoms with van der Waals surface area (Å²) in [5.74, 6) is 0.135. The minimum atomic E-state index is -0.178. The van der Waals surface area contributed by atoms with E-state index in [2.05, 4.69) is 35.9 Å². The maximum absolute atomic E-state index is 13.3. The molecule has 4 heteroatoms. The van der Waals surface area contributed by atoms with Crippen LogP contribution in [0, 0.1) is 5.82 Å². The van der Waals surface area contributed by atoms with Crippen molar-refractivity contribution in [3.05, 3.63) is 70.0 Å². The fourth-order valence-corrected chi connectivity index (χ4v) is 4.53. The molecule has 132 valence electrons. The summed E-state index contributed by atoms with van der Waals surface area (Å²) in [6, 6.07) is 14.2. The first-order chi connectivity index (χ1) is 12.0. The van der Waals surface area contributed by atoms with Crippen LogP contribution in [0.5, 0.6) is 0 Å². The molecular weight excluding hydrogens is 335 g/mol. The number of piperazine rings is 1. The van der Waals surface area contributed by atoms with E-state index >= 15 is 0 Å². The third-order valence-corrected chi connectivity index (χ3v) is 6.18. The van der Waals surface area contributed by atoms with E-state index in [9.17, 15) is 4.39 Å². The van der Waals surface area contributed by atoms with Crippen molar-refractivity contribution in [2.75, 3.05) is 26.7 Å². The van der Waals surface area contributed by atoms with Gasteiger partial charge in [0.05, 0.1) is 0 Å². The molecule has 0 amide bonds. The van der Waals surface area contributed by atoms with Gasteiger partial charge in [0.1, 0.15) is 5.82 Å². The summed E-state index contributed by atoms with van der Waals surface area (Å²) in [7, 11) is 2.20. The van der Waals surface area contributed by atoms with Crippen LogP contribution in [0.15, 0.2) is 42.5 Å². The topological polar surface area (TPSA) is 6.48 Å². The first kappa shape index (κ1) is 17.0. The SMILES string of the molecule is CC1CN([C@@H]2C[C@@H](c3ccc(F)cc3)c3ccc(Cl)cc32)CCN1C. The summed E-state index contributed by atoms with van der Waals surface area (Å²) in [6.45, 7) is 5.53. The lowest BCUT2D eigenvalue weighted by Gasteiger charge is -2.41. The molecule has 1 heterocycles. The Bertz CT molecular complexity index is 761. The summed E-state index contributed by atoms with van der Waals surface area (Å²) >= 11 is 6.32. The molecule has 2 aromatic carbocycles. The summed E-state index contributed by atoms with van der Waals surface area (Å²) in [5.41, 5.74) is 3.88. The van der Waals surface area contributed by atoms with E-state index in [0.717, 1.165) is 31.1 Å². The average molecular weight is 359 g/mol. The van der Waals surface area contributed by atoms with Crippen molar-refractivity contribution >= 4 is 11.6 Å². The van der Waals surface area contributed by atoms with Gasteiger partial charge < -0.3 is 4.90 Å². The molecule has 0 spiro atoms. The van der Waals surface area contributed by atoms with E-state index in [0.29, 0.717) is 18.0 Å². The normalized spacial score (nSPS) is 27.4. The highest BCUT2D eigenvalue weighted by atomic mass is 35.5. The Morgan fingerprint density at radius 1 is 1.04 bits per heavy atom. The first-order valence-corrected chi connectivity index (χ1v) is 9.40. The van der Waals surface area contributed by atoms with Gasteiger partial charge in [-0.1, -0.05) is 29.8 Å². The monoisotopic (exact) mass is 358 g/mol. The number of fused-ring (bicyclic) bond motifs is 1. The summed E-state index contributed by atoms with van der Waals surface area (Å²) in [5, 5.41) is 0.797. The molecule has 1 fully saturated rings. The van der Waals surface area contributed by atoms with Gasteiger partial charge in [0.15, 0.2) is 0 Å². The molecule has 0 radical (unpaired) electrons. The minimum Gasteiger partial charge on any atom is -0.301 e. The maximum atomic E-state index is 13.3. The van der Waals surface area contributed by atoms with Crippen LogP contribution in [0.3, 0.4) is 0 Å². The Labute approximate surface area is 154 Å². The van der Waals surface area contributed by atoms with Gasteiger partial charge in [-0.2, -0.15) is 0 Å². The summed E-state index contributed by atoms with van der Waals surface area (Å²) in [6.07, 6.45) is 1.04. The zero-order valence-corrected chi connectivity index (χ0v) is 15.5. The fourth-order valence-electron chi connectivity index (χ4n) is 4.34. The molecule has 2 nitrogen and oxygen atoms in total. The third kappa shape index (κ3) is 3.21. The molecule has 0 saturated carbocycles. The highest BCUT2D eigenvalue weighted by molar-refractivity contribution is 6.30. The van der Waals surface area contributed by atoms with E-state index in [1.807, 2.05) is 18.2 Å². The van der Waals surface area contributed by atoms with Crippen molar-refractivity contribution in [3.8, 4) is 0 Å². The van der Waals surface area contributed by atoms with Crippen molar-refractivity contribution in [2.45, 2.75) is 31.3 Å². The van der Waals surface area contributed by atoms with Gasteiger partial charge in [-0.3, -0.25) is 4.90 Å². The quantitative estimate of drug-likeness (QED) is 0.768. The van der Waals surface area contributed by atoms with Gasteiger partial charge in [0.2, 0.25) is 0 Å². The number of hydrogen-bond donors (Lipinski definition) is 0. The molecule has 0 bridgehead atoms. The van der Waals surface area contributed by atoms with Gasteiger partial charge in [0.25, 0.3) is 0 Å². The van der Waals surface area contributed by atoms with Crippen LogP contribution in [0.1, 0.15) is 42.0 Å². The summed E-state index contributed by atoms with van der Waals surface area (Å²) in [4.78, 5) is 5.02. The molecule has 1 aliphatic heterocycles. The Balaban J connectivity index is 1.68. The zero-order chi connectivity index (χ0) is 17.6. The van der Waals surface area contributed by atoms with Crippen molar-refractivity contribution in [1.82, 2.24) is 9.80 Å². The number of rotatable bonds is 2. The van der Waals surface area contributed by atoms with Crippen LogP contribution in [0.4, 0.5) is 4.39 Å². The van der Waals surface area contributed by atoms with Gasteiger partial charge >= 0.3 is 0 Å². The molecule has 0 aromatic heterocycles. The van der Waals surface area contributed by atoms with Gasteiger partial charge in [-0.05, 0) is 61.3 Å². The number of nitrogens with zero attached hydrogens (tertiary/aromatic N) is 2. The molecule has 1 saturated heterocycles. The van der Waals surface area contributed by atoms with Crippen molar-refractivity contribution < 1.29 is 4.39 Å². The van der Waals surface area contributed by atoms with Crippen LogP contribution in [-0.4, -0.2) is 42.5 Å². The highest BCUT2D eigenvalue weighted by Crippen LogP contribution is 2.47.